The number of hydrogen-bond acceptors (Lipinski definition) is 3. The first-order valence-electron chi connectivity index (χ1n) is 5.22. The van der Waals surface area contributed by atoms with E-state index < -0.39 is 0 Å². The summed E-state index contributed by atoms with van der Waals surface area (Å²) in [4.78, 5) is 4.26. The van der Waals surface area contributed by atoms with Crippen LogP contribution in [0.15, 0.2) is 18.3 Å². The summed E-state index contributed by atoms with van der Waals surface area (Å²) in [5.74, 6) is 1.92. The monoisotopic (exact) mass is 191 g/mol. The SMILES string of the molecule is CNc1ncccc1CNCC1CC1. The Hall–Kier alpha value is -1.09. The third-order valence-corrected chi connectivity index (χ3v) is 2.57. The van der Waals surface area contributed by atoms with E-state index in [4.69, 9.17) is 0 Å². The first-order valence-corrected chi connectivity index (χ1v) is 5.22. The second-order valence-electron chi connectivity index (χ2n) is 3.84. The second kappa shape index (κ2) is 4.42. The maximum atomic E-state index is 4.26. The molecule has 1 aliphatic carbocycles. The number of rotatable bonds is 5. The zero-order valence-electron chi connectivity index (χ0n) is 8.59. The smallest absolute Gasteiger partial charge is 0.130 e. The van der Waals surface area contributed by atoms with Gasteiger partial charge < -0.3 is 10.6 Å². The molecule has 0 amide bonds. The average molecular weight is 191 g/mol. The Kier molecular flexibility index (Phi) is 2.99. The van der Waals surface area contributed by atoms with Crippen LogP contribution in [0, 0.1) is 5.92 Å². The fourth-order valence-corrected chi connectivity index (χ4v) is 1.54. The van der Waals surface area contributed by atoms with E-state index in [-0.39, 0.29) is 0 Å². The highest BCUT2D eigenvalue weighted by atomic mass is 15.0. The molecule has 0 bridgehead atoms. The molecule has 1 saturated carbocycles. The van der Waals surface area contributed by atoms with E-state index in [1.165, 1.54) is 18.4 Å². The minimum atomic E-state index is 0.917. The fraction of sp³-hybridized carbons (Fsp3) is 0.545. The molecule has 0 radical (unpaired) electrons. The quantitative estimate of drug-likeness (QED) is 0.742. The standard InChI is InChI=1S/C11H17N3/c1-12-11-10(3-2-6-14-11)8-13-7-9-4-5-9/h2-3,6,9,13H,4-5,7-8H2,1H3,(H,12,14). The zero-order valence-corrected chi connectivity index (χ0v) is 8.59. The molecule has 0 aromatic carbocycles. The van der Waals surface area contributed by atoms with E-state index in [0.29, 0.717) is 0 Å². The first kappa shape index (κ1) is 9.46. The molecule has 1 aromatic heterocycles. The molecule has 0 saturated heterocycles. The Morgan fingerprint density at radius 2 is 2.36 bits per heavy atom. The second-order valence-corrected chi connectivity index (χ2v) is 3.84. The van der Waals surface area contributed by atoms with Crippen LogP contribution in [0.1, 0.15) is 18.4 Å². The van der Waals surface area contributed by atoms with Crippen LogP contribution < -0.4 is 10.6 Å². The lowest BCUT2D eigenvalue weighted by Gasteiger charge is -2.08. The predicted octanol–water partition coefficient (Wildman–Crippen LogP) is 1.62. The van der Waals surface area contributed by atoms with Crippen LogP contribution in [0.3, 0.4) is 0 Å². The number of nitrogens with one attached hydrogen (secondary N) is 2. The van der Waals surface area contributed by atoms with Crippen LogP contribution >= 0.6 is 0 Å². The highest BCUT2D eigenvalue weighted by molar-refractivity contribution is 5.42. The Bertz CT molecular complexity index is 294. The van der Waals surface area contributed by atoms with Crippen LogP contribution in [-0.4, -0.2) is 18.6 Å². The lowest BCUT2D eigenvalue weighted by Crippen LogP contribution is -2.17. The largest absolute Gasteiger partial charge is 0.373 e. The maximum Gasteiger partial charge on any atom is 0.130 e. The molecule has 1 aliphatic rings. The topological polar surface area (TPSA) is 37.0 Å². The van der Waals surface area contributed by atoms with Gasteiger partial charge in [-0.15, -0.1) is 0 Å². The van der Waals surface area contributed by atoms with Gasteiger partial charge >= 0.3 is 0 Å². The summed E-state index contributed by atoms with van der Waals surface area (Å²) in [5, 5.41) is 6.56. The van der Waals surface area contributed by atoms with Crippen molar-refractivity contribution in [2.45, 2.75) is 19.4 Å². The van der Waals surface area contributed by atoms with E-state index in [1.54, 1.807) is 0 Å². The van der Waals surface area contributed by atoms with Crippen LogP contribution in [0.25, 0.3) is 0 Å². The van der Waals surface area contributed by atoms with E-state index >= 15 is 0 Å². The summed E-state index contributed by atoms with van der Waals surface area (Å²) in [6.07, 6.45) is 4.62. The molecule has 1 fully saturated rings. The van der Waals surface area contributed by atoms with Crippen molar-refractivity contribution in [3.8, 4) is 0 Å². The van der Waals surface area contributed by atoms with Gasteiger partial charge in [0, 0.05) is 25.4 Å². The van der Waals surface area contributed by atoms with Crippen LogP contribution in [0.5, 0.6) is 0 Å². The van der Waals surface area contributed by atoms with Gasteiger partial charge in [0.2, 0.25) is 0 Å². The van der Waals surface area contributed by atoms with Crippen molar-refractivity contribution in [1.82, 2.24) is 10.3 Å². The fourth-order valence-electron chi connectivity index (χ4n) is 1.54. The Labute approximate surface area is 84.9 Å². The van der Waals surface area contributed by atoms with E-state index in [9.17, 15) is 0 Å². The van der Waals surface area contributed by atoms with Gasteiger partial charge in [0.15, 0.2) is 0 Å². The minimum absolute atomic E-state index is 0.917. The summed E-state index contributed by atoms with van der Waals surface area (Å²) in [6, 6.07) is 4.09. The van der Waals surface area contributed by atoms with Crippen LogP contribution in [0.4, 0.5) is 5.82 Å². The Morgan fingerprint density at radius 1 is 1.50 bits per heavy atom. The summed E-state index contributed by atoms with van der Waals surface area (Å²) in [7, 11) is 1.91. The molecule has 3 heteroatoms. The van der Waals surface area contributed by atoms with Crippen LogP contribution in [0.2, 0.25) is 0 Å². The molecule has 2 N–H and O–H groups in total. The number of nitrogens with zero attached hydrogens (tertiary/aromatic N) is 1. The van der Waals surface area contributed by atoms with Crippen molar-refractivity contribution in [3.05, 3.63) is 23.9 Å². The summed E-state index contributed by atoms with van der Waals surface area (Å²) < 4.78 is 0. The summed E-state index contributed by atoms with van der Waals surface area (Å²) >= 11 is 0. The van der Waals surface area contributed by atoms with E-state index in [0.717, 1.165) is 24.8 Å². The lowest BCUT2D eigenvalue weighted by molar-refractivity contribution is 0.638. The first-order chi connectivity index (χ1) is 6.90. The van der Waals surface area contributed by atoms with Gasteiger partial charge in [-0.2, -0.15) is 0 Å². The van der Waals surface area contributed by atoms with Crippen molar-refractivity contribution in [3.63, 3.8) is 0 Å². The summed E-state index contributed by atoms with van der Waals surface area (Å²) in [6.45, 7) is 2.07. The highest BCUT2D eigenvalue weighted by Gasteiger charge is 2.20. The molecule has 0 spiro atoms. The van der Waals surface area contributed by atoms with Crippen LogP contribution in [-0.2, 0) is 6.54 Å². The third-order valence-electron chi connectivity index (χ3n) is 2.57. The number of hydrogen-bond donors (Lipinski definition) is 2. The molecular weight excluding hydrogens is 174 g/mol. The average Bonchev–Trinajstić information content (AvgIpc) is 3.03. The lowest BCUT2D eigenvalue weighted by atomic mass is 10.2. The van der Waals surface area contributed by atoms with Gasteiger partial charge in [-0.1, -0.05) is 6.07 Å². The van der Waals surface area contributed by atoms with Crippen molar-refractivity contribution >= 4 is 5.82 Å². The molecule has 1 aromatic rings. The predicted molar refractivity (Wildman–Crippen MR) is 58.2 cm³/mol. The molecule has 0 aliphatic heterocycles. The molecule has 0 atom stereocenters. The van der Waals surface area contributed by atoms with Crippen molar-refractivity contribution in [2.75, 3.05) is 18.9 Å². The molecule has 1 heterocycles. The molecule has 3 nitrogen and oxygen atoms in total. The van der Waals surface area contributed by atoms with E-state index in [1.807, 2.05) is 19.3 Å². The summed E-state index contributed by atoms with van der Waals surface area (Å²) in [5.41, 5.74) is 1.25. The molecule has 0 unspecified atom stereocenters. The molecular formula is C11H17N3. The third kappa shape index (κ3) is 2.45. The van der Waals surface area contributed by atoms with Crippen molar-refractivity contribution in [1.29, 1.82) is 0 Å². The number of pyridine rings is 1. The van der Waals surface area contributed by atoms with Crippen molar-refractivity contribution < 1.29 is 0 Å². The van der Waals surface area contributed by atoms with Gasteiger partial charge in [0.1, 0.15) is 5.82 Å². The van der Waals surface area contributed by atoms with Crippen molar-refractivity contribution in [2.24, 2.45) is 5.92 Å². The zero-order chi connectivity index (χ0) is 9.80. The maximum absolute atomic E-state index is 4.26. The number of anilines is 1. The number of aromatic nitrogens is 1. The highest BCUT2D eigenvalue weighted by Crippen LogP contribution is 2.27. The van der Waals surface area contributed by atoms with Gasteiger partial charge in [0.25, 0.3) is 0 Å². The minimum Gasteiger partial charge on any atom is -0.373 e. The Morgan fingerprint density at radius 3 is 3.07 bits per heavy atom. The molecule has 14 heavy (non-hydrogen) atoms. The van der Waals surface area contributed by atoms with E-state index in [2.05, 4.69) is 21.7 Å². The van der Waals surface area contributed by atoms with Gasteiger partial charge in [-0.3, -0.25) is 0 Å². The normalized spacial score (nSPS) is 15.5. The molecule has 76 valence electrons. The van der Waals surface area contributed by atoms with Gasteiger partial charge in [-0.25, -0.2) is 4.98 Å². The van der Waals surface area contributed by atoms with Gasteiger partial charge in [-0.05, 0) is 31.4 Å². The van der Waals surface area contributed by atoms with Gasteiger partial charge in [0.05, 0.1) is 0 Å². The molecule has 2 rings (SSSR count). The Balaban J connectivity index is 1.86.